The summed E-state index contributed by atoms with van der Waals surface area (Å²) in [5, 5.41) is 0. The van der Waals surface area contributed by atoms with Gasteiger partial charge in [0, 0.05) is 24.0 Å². The first kappa shape index (κ1) is 12.4. The summed E-state index contributed by atoms with van der Waals surface area (Å²) in [5.74, 6) is -0.0498. The highest BCUT2D eigenvalue weighted by Crippen LogP contribution is 2.20. The third-order valence-electron chi connectivity index (χ3n) is 3.14. The third kappa shape index (κ3) is 2.78. The summed E-state index contributed by atoms with van der Waals surface area (Å²) < 4.78 is 13.1. The second kappa shape index (κ2) is 5.50. The van der Waals surface area contributed by atoms with Crippen LogP contribution >= 0.6 is 11.6 Å². The van der Waals surface area contributed by atoms with E-state index in [0.29, 0.717) is 18.0 Å². The molecule has 1 amide bonds. The normalized spacial score (nSPS) is 20.4. The highest BCUT2D eigenvalue weighted by molar-refractivity contribution is 6.18. The standard InChI is InChI=1S/C13H15ClFNO/c14-9-12-6-1-2-7-16(12)13(17)10-4-3-5-11(15)8-10/h3-5,8,12H,1-2,6-7,9H2. The van der Waals surface area contributed by atoms with E-state index in [9.17, 15) is 9.18 Å². The molecule has 1 saturated heterocycles. The minimum Gasteiger partial charge on any atom is -0.334 e. The van der Waals surface area contributed by atoms with Crippen molar-refractivity contribution in [3.8, 4) is 0 Å². The Kier molecular flexibility index (Phi) is 4.00. The Bertz CT molecular complexity index is 410. The van der Waals surface area contributed by atoms with Gasteiger partial charge in [0.15, 0.2) is 0 Å². The zero-order chi connectivity index (χ0) is 12.3. The number of hydrogen-bond donors (Lipinski definition) is 0. The maximum atomic E-state index is 13.1. The van der Waals surface area contributed by atoms with Gasteiger partial charge in [-0.3, -0.25) is 4.79 Å². The van der Waals surface area contributed by atoms with Crippen molar-refractivity contribution >= 4 is 17.5 Å². The highest BCUT2D eigenvalue weighted by atomic mass is 35.5. The summed E-state index contributed by atoms with van der Waals surface area (Å²) in [5.41, 5.74) is 0.405. The van der Waals surface area contributed by atoms with Crippen LogP contribution < -0.4 is 0 Å². The smallest absolute Gasteiger partial charge is 0.254 e. The minimum atomic E-state index is -0.379. The second-order valence-corrected chi connectivity index (χ2v) is 4.62. The lowest BCUT2D eigenvalue weighted by Gasteiger charge is -2.34. The molecule has 1 fully saturated rings. The first-order valence-corrected chi connectivity index (χ1v) is 6.38. The van der Waals surface area contributed by atoms with Crippen molar-refractivity contribution in [2.45, 2.75) is 25.3 Å². The highest BCUT2D eigenvalue weighted by Gasteiger charge is 2.26. The van der Waals surface area contributed by atoms with Gasteiger partial charge in [-0.25, -0.2) is 4.39 Å². The van der Waals surface area contributed by atoms with Gasteiger partial charge in [0.25, 0.3) is 5.91 Å². The number of nitrogens with zero attached hydrogens (tertiary/aromatic N) is 1. The summed E-state index contributed by atoms with van der Waals surface area (Å²) in [6.45, 7) is 0.715. The number of carbonyl (C=O) groups is 1. The number of rotatable bonds is 2. The molecule has 1 aromatic rings. The molecule has 0 aromatic heterocycles. The van der Waals surface area contributed by atoms with E-state index >= 15 is 0 Å². The summed E-state index contributed by atoms with van der Waals surface area (Å²) in [6.07, 6.45) is 3.03. The number of hydrogen-bond acceptors (Lipinski definition) is 1. The molecule has 1 heterocycles. The number of likely N-dealkylation sites (tertiary alicyclic amines) is 1. The van der Waals surface area contributed by atoms with Gasteiger partial charge < -0.3 is 4.90 Å². The molecule has 17 heavy (non-hydrogen) atoms. The zero-order valence-electron chi connectivity index (χ0n) is 9.53. The number of carbonyl (C=O) groups excluding carboxylic acids is 1. The second-order valence-electron chi connectivity index (χ2n) is 4.31. The molecule has 0 aliphatic carbocycles. The number of halogens is 2. The van der Waals surface area contributed by atoms with E-state index < -0.39 is 0 Å². The maximum Gasteiger partial charge on any atom is 0.254 e. The Morgan fingerprint density at radius 2 is 2.29 bits per heavy atom. The molecule has 0 N–H and O–H groups in total. The first-order valence-electron chi connectivity index (χ1n) is 5.85. The van der Waals surface area contributed by atoms with E-state index in [1.54, 1.807) is 17.0 Å². The quantitative estimate of drug-likeness (QED) is 0.744. The molecule has 2 rings (SSSR count). The third-order valence-corrected chi connectivity index (χ3v) is 3.49. The van der Waals surface area contributed by atoms with Gasteiger partial charge >= 0.3 is 0 Å². The number of alkyl halides is 1. The van der Waals surface area contributed by atoms with Crippen LogP contribution in [0.1, 0.15) is 29.6 Å². The number of benzene rings is 1. The maximum absolute atomic E-state index is 13.1. The number of piperidine rings is 1. The van der Waals surface area contributed by atoms with E-state index in [1.165, 1.54) is 12.1 Å². The fourth-order valence-corrected chi connectivity index (χ4v) is 2.54. The topological polar surface area (TPSA) is 20.3 Å². The van der Waals surface area contributed by atoms with Gasteiger partial charge in [-0.2, -0.15) is 0 Å². The first-order chi connectivity index (χ1) is 8.22. The van der Waals surface area contributed by atoms with Crippen molar-refractivity contribution in [3.05, 3.63) is 35.6 Å². The minimum absolute atomic E-state index is 0.0844. The fourth-order valence-electron chi connectivity index (χ4n) is 2.22. The van der Waals surface area contributed by atoms with Gasteiger partial charge in [0.1, 0.15) is 5.82 Å². The molecule has 4 heteroatoms. The SMILES string of the molecule is O=C(c1cccc(F)c1)N1CCCCC1CCl. The average Bonchev–Trinajstić information content (AvgIpc) is 2.38. The van der Waals surface area contributed by atoms with Crippen LogP contribution in [0.2, 0.25) is 0 Å². The summed E-state index contributed by atoms with van der Waals surface area (Å²) in [6, 6.07) is 5.91. The lowest BCUT2D eigenvalue weighted by atomic mass is 10.0. The average molecular weight is 256 g/mol. The monoisotopic (exact) mass is 255 g/mol. The Hall–Kier alpha value is -1.09. The Morgan fingerprint density at radius 3 is 3.00 bits per heavy atom. The van der Waals surface area contributed by atoms with E-state index in [0.717, 1.165) is 19.3 Å². The van der Waals surface area contributed by atoms with E-state index in [4.69, 9.17) is 11.6 Å². The molecule has 1 aliphatic heterocycles. The van der Waals surface area contributed by atoms with Crippen LogP contribution in [-0.2, 0) is 0 Å². The van der Waals surface area contributed by atoms with Crippen LogP contribution in [0.3, 0.4) is 0 Å². The van der Waals surface area contributed by atoms with Crippen LogP contribution in [0.15, 0.2) is 24.3 Å². The molecule has 1 aliphatic rings. The predicted molar refractivity (Wildman–Crippen MR) is 65.8 cm³/mol. The summed E-state index contributed by atoms with van der Waals surface area (Å²) >= 11 is 5.87. The van der Waals surface area contributed by atoms with Crippen molar-refractivity contribution in [1.82, 2.24) is 4.90 Å². The van der Waals surface area contributed by atoms with E-state index in [-0.39, 0.29) is 17.8 Å². The van der Waals surface area contributed by atoms with Crippen molar-refractivity contribution in [3.63, 3.8) is 0 Å². The Balaban J connectivity index is 2.18. The largest absolute Gasteiger partial charge is 0.334 e. The molecule has 1 unspecified atom stereocenters. The molecule has 92 valence electrons. The van der Waals surface area contributed by atoms with Crippen LogP contribution in [0, 0.1) is 5.82 Å². The van der Waals surface area contributed by atoms with Crippen molar-refractivity contribution in [2.75, 3.05) is 12.4 Å². The number of amides is 1. The lowest BCUT2D eigenvalue weighted by molar-refractivity contribution is 0.0638. The molecular formula is C13H15ClFNO. The van der Waals surface area contributed by atoms with Crippen LogP contribution in [0.5, 0.6) is 0 Å². The van der Waals surface area contributed by atoms with Crippen molar-refractivity contribution in [1.29, 1.82) is 0 Å². The summed E-state index contributed by atoms with van der Waals surface area (Å²) in [7, 11) is 0. The van der Waals surface area contributed by atoms with Gasteiger partial charge in [-0.05, 0) is 37.5 Å². The summed E-state index contributed by atoms with van der Waals surface area (Å²) in [4.78, 5) is 14.0. The van der Waals surface area contributed by atoms with Gasteiger partial charge in [0.2, 0.25) is 0 Å². The lowest BCUT2D eigenvalue weighted by Crippen LogP contribution is -2.44. The molecular weight excluding hydrogens is 241 g/mol. The van der Waals surface area contributed by atoms with Crippen molar-refractivity contribution < 1.29 is 9.18 Å². The molecule has 0 saturated carbocycles. The van der Waals surface area contributed by atoms with E-state index in [1.807, 2.05) is 0 Å². The molecule has 0 radical (unpaired) electrons. The molecule has 0 bridgehead atoms. The molecule has 1 atom stereocenters. The molecule has 0 spiro atoms. The predicted octanol–water partition coefficient (Wildman–Crippen LogP) is 3.06. The Morgan fingerprint density at radius 1 is 1.47 bits per heavy atom. The Labute approximate surface area is 105 Å². The van der Waals surface area contributed by atoms with Gasteiger partial charge in [-0.1, -0.05) is 6.07 Å². The molecule has 1 aromatic carbocycles. The van der Waals surface area contributed by atoms with Crippen molar-refractivity contribution in [2.24, 2.45) is 0 Å². The zero-order valence-corrected chi connectivity index (χ0v) is 10.3. The van der Waals surface area contributed by atoms with Crippen LogP contribution in [-0.4, -0.2) is 29.3 Å². The van der Waals surface area contributed by atoms with Crippen LogP contribution in [0.4, 0.5) is 4.39 Å². The molecule has 2 nitrogen and oxygen atoms in total. The van der Waals surface area contributed by atoms with E-state index in [2.05, 4.69) is 0 Å². The van der Waals surface area contributed by atoms with Crippen LogP contribution in [0.25, 0.3) is 0 Å². The van der Waals surface area contributed by atoms with Gasteiger partial charge in [0.05, 0.1) is 0 Å². The fraction of sp³-hybridized carbons (Fsp3) is 0.462. The van der Waals surface area contributed by atoms with Gasteiger partial charge in [-0.15, -0.1) is 11.6 Å².